The molecule has 1 aromatic carbocycles. The van der Waals surface area contributed by atoms with Crippen molar-refractivity contribution in [1.82, 2.24) is 4.98 Å². The van der Waals surface area contributed by atoms with Crippen LogP contribution in [0.5, 0.6) is 5.75 Å². The number of phenols is 1. The van der Waals surface area contributed by atoms with E-state index in [1.807, 2.05) is 18.2 Å². The molecule has 0 bridgehead atoms. The number of alkyl halides is 1. The van der Waals surface area contributed by atoms with Crippen molar-refractivity contribution >= 4 is 23.2 Å². The number of rotatable bonds is 4. The van der Waals surface area contributed by atoms with Crippen LogP contribution in [0.2, 0.25) is 0 Å². The number of aromatic hydroxyl groups is 1. The first-order valence-corrected chi connectivity index (χ1v) is 6.29. The summed E-state index contributed by atoms with van der Waals surface area (Å²) in [5.74, 6) is -0.161. The number of nitrogens with zero attached hydrogens (tertiary/aromatic N) is 2. The minimum absolute atomic E-state index is 0.103. The zero-order chi connectivity index (χ0) is 13.7. The number of pyridine rings is 1. The van der Waals surface area contributed by atoms with Crippen LogP contribution in [0.25, 0.3) is 0 Å². The predicted octanol–water partition coefficient (Wildman–Crippen LogP) is 2.56. The van der Waals surface area contributed by atoms with Crippen molar-refractivity contribution in [2.75, 3.05) is 10.8 Å². The van der Waals surface area contributed by atoms with E-state index in [0.717, 1.165) is 5.69 Å². The molecule has 1 heterocycles. The van der Waals surface area contributed by atoms with Gasteiger partial charge in [-0.15, -0.1) is 11.6 Å². The number of phenolic OH excluding ortho intramolecular Hbond substituents is 1. The van der Waals surface area contributed by atoms with Crippen LogP contribution < -0.4 is 4.90 Å². The van der Waals surface area contributed by atoms with E-state index in [1.54, 1.807) is 18.3 Å². The summed E-state index contributed by atoms with van der Waals surface area (Å²) in [7, 11) is 0. The average Bonchev–Trinajstić information content (AvgIpc) is 2.46. The Kier molecular flexibility index (Phi) is 4.36. The maximum Gasteiger partial charge on any atom is 0.242 e. The van der Waals surface area contributed by atoms with Crippen molar-refractivity contribution in [3.05, 3.63) is 54.4 Å². The summed E-state index contributed by atoms with van der Waals surface area (Å²) in [5, 5.41) is 9.28. The van der Waals surface area contributed by atoms with Gasteiger partial charge in [-0.2, -0.15) is 0 Å². The number of carbonyl (C=O) groups is 1. The summed E-state index contributed by atoms with van der Waals surface area (Å²) in [5.41, 5.74) is 1.45. The van der Waals surface area contributed by atoms with E-state index in [0.29, 0.717) is 12.2 Å². The molecule has 0 aliphatic rings. The summed E-state index contributed by atoms with van der Waals surface area (Å²) in [6.45, 7) is 0.344. The number of carbonyl (C=O) groups excluding carboxylic acids is 1. The molecule has 0 fully saturated rings. The highest BCUT2D eigenvalue weighted by atomic mass is 35.5. The second-order valence-corrected chi connectivity index (χ2v) is 4.22. The molecular weight excluding hydrogens is 264 g/mol. The number of anilines is 1. The number of amides is 1. The largest absolute Gasteiger partial charge is 0.508 e. The van der Waals surface area contributed by atoms with Crippen molar-refractivity contribution in [2.45, 2.75) is 6.54 Å². The van der Waals surface area contributed by atoms with Gasteiger partial charge in [-0.25, -0.2) is 0 Å². The van der Waals surface area contributed by atoms with Crippen LogP contribution in [-0.2, 0) is 11.3 Å². The first kappa shape index (κ1) is 13.4. The Morgan fingerprint density at radius 3 is 2.53 bits per heavy atom. The van der Waals surface area contributed by atoms with E-state index >= 15 is 0 Å². The lowest BCUT2D eigenvalue weighted by Gasteiger charge is -2.21. The Hall–Kier alpha value is -2.07. The van der Waals surface area contributed by atoms with Gasteiger partial charge in [0, 0.05) is 11.9 Å². The smallest absolute Gasteiger partial charge is 0.242 e. The molecule has 2 rings (SSSR count). The van der Waals surface area contributed by atoms with Gasteiger partial charge < -0.3 is 10.0 Å². The molecule has 0 saturated carbocycles. The van der Waals surface area contributed by atoms with E-state index in [-0.39, 0.29) is 17.5 Å². The zero-order valence-corrected chi connectivity index (χ0v) is 10.9. The summed E-state index contributed by atoms with van der Waals surface area (Å²) in [6.07, 6.45) is 1.68. The van der Waals surface area contributed by atoms with Gasteiger partial charge in [-0.1, -0.05) is 6.07 Å². The van der Waals surface area contributed by atoms with Crippen LogP contribution in [0.3, 0.4) is 0 Å². The Morgan fingerprint density at radius 1 is 1.21 bits per heavy atom. The van der Waals surface area contributed by atoms with E-state index in [2.05, 4.69) is 4.98 Å². The fourth-order valence-electron chi connectivity index (χ4n) is 1.68. The Bertz CT molecular complexity index is 543. The predicted molar refractivity (Wildman–Crippen MR) is 74.3 cm³/mol. The van der Waals surface area contributed by atoms with Gasteiger partial charge in [-0.3, -0.25) is 9.78 Å². The van der Waals surface area contributed by atoms with Gasteiger partial charge in [0.25, 0.3) is 0 Å². The molecule has 2 aromatic rings. The number of halogens is 1. The number of aromatic nitrogens is 1. The minimum Gasteiger partial charge on any atom is -0.508 e. The molecule has 0 radical (unpaired) electrons. The highest BCUT2D eigenvalue weighted by Crippen LogP contribution is 2.20. The average molecular weight is 277 g/mol. The van der Waals surface area contributed by atoms with Gasteiger partial charge in [0.1, 0.15) is 11.6 Å². The van der Waals surface area contributed by atoms with Crippen LogP contribution in [0.4, 0.5) is 5.69 Å². The summed E-state index contributed by atoms with van der Waals surface area (Å²) >= 11 is 5.63. The minimum atomic E-state index is -0.210. The molecule has 1 N–H and O–H groups in total. The van der Waals surface area contributed by atoms with E-state index in [1.165, 1.54) is 17.0 Å². The van der Waals surface area contributed by atoms with Gasteiger partial charge in [0.05, 0.1) is 12.2 Å². The summed E-state index contributed by atoms with van der Waals surface area (Å²) in [4.78, 5) is 17.6. The van der Waals surface area contributed by atoms with Crippen LogP contribution in [-0.4, -0.2) is 21.9 Å². The van der Waals surface area contributed by atoms with Crippen molar-refractivity contribution in [3.8, 4) is 5.75 Å². The number of hydrogen-bond donors (Lipinski definition) is 1. The first-order valence-electron chi connectivity index (χ1n) is 5.76. The molecule has 19 heavy (non-hydrogen) atoms. The molecule has 1 aromatic heterocycles. The number of benzene rings is 1. The first-order chi connectivity index (χ1) is 9.20. The molecule has 1 amide bonds. The third-order valence-electron chi connectivity index (χ3n) is 2.62. The van der Waals surface area contributed by atoms with Gasteiger partial charge in [0.2, 0.25) is 5.91 Å². The van der Waals surface area contributed by atoms with Crippen molar-refractivity contribution in [3.63, 3.8) is 0 Å². The van der Waals surface area contributed by atoms with Gasteiger partial charge in [-0.05, 0) is 36.4 Å². The Morgan fingerprint density at radius 2 is 1.95 bits per heavy atom. The highest BCUT2D eigenvalue weighted by molar-refractivity contribution is 6.29. The van der Waals surface area contributed by atoms with E-state index in [9.17, 15) is 9.90 Å². The van der Waals surface area contributed by atoms with E-state index in [4.69, 9.17) is 11.6 Å². The van der Waals surface area contributed by atoms with Crippen LogP contribution >= 0.6 is 11.6 Å². The second-order valence-electron chi connectivity index (χ2n) is 3.95. The molecule has 0 aliphatic carbocycles. The van der Waals surface area contributed by atoms with Crippen molar-refractivity contribution in [1.29, 1.82) is 0 Å². The van der Waals surface area contributed by atoms with E-state index < -0.39 is 0 Å². The highest BCUT2D eigenvalue weighted by Gasteiger charge is 2.15. The quantitative estimate of drug-likeness (QED) is 0.873. The maximum atomic E-state index is 11.9. The lowest BCUT2D eigenvalue weighted by molar-refractivity contribution is -0.116. The summed E-state index contributed by atoms with van der Waals surface area (Å²) < 4.78 is 0. The molecule has 0 aliphatic heterocycles. The lowest BCUT2D eigenvalue weighted by atomic mass is 10.2. The lowest BCUT2D eigenvalue weighted by Crippen LogP contribution is -2.31. The number of hydrogen-bond acceptors (Lipinski definition) is 3. The second kappa shape index (κ2) is 6.20. The van der Waals surface area contributed by atoms with Crippen molar-refractivity contribution < 1.29 is 9.90 Å². The van der Waals surface area contributed by atoms with Crippen molar-refractivity contribution in [2.24, 2.45) is 0 Å². The molecule has 0 unspecified atom stereocenters. The third kappa shape index (κ3) is 3.45. The molecule has 4 nitrogen and oxygen atoms in total. The summed E-state index contributed by atoms with van der Waals surface area (Å²) in [6, 6.07) is 11.9. The SMILES string of the molecule is O=C(CCl)N(Cc1ccccn1)c1ccc(O)cc1. The Balaban J connectivity index is 2.26. The van der Waals surface area contributed by atoms with Gasteiger partial charge >= 0.3 is 0 Å². The molecule has 98 valence electrons. The fraction of sp³-hybridized carbons (Fsp3) is 0.143. The standard InChI is InChI=1S/C14H13ClN2O2/c15-9-14(19)17(10-11-3-1-2-8-16-11)12-4-6-13(18)7-5-12/h1-8,18H,9-10H2. The molecule has 0 atom stereocenters. The molecular formula is C14H13ClN2O2. The van der Waals surface area contributed by atoms with Crippen LogP contribution in [0.15, 0.2) is 48.7 Å². The topological polar surface area (TPSA) is 53.4 Å². The zero-order valence-electron chi connectivity index (χ0n) is 10.2. The molecule has 5 heteroatoms. The normalized spacial score (nSPS) is 10.2. The maximum absolute atomic E-state index is 11.9. The fourth-order valence-corrected chi connectivity index (χ4v) is 1.83. The Labute approximate surface area is 116 Å². The monoisotopic (exact) mass is 276 g/mol. The van der Waals surface area contributed by atoms with Crippen LogP contribution in [0.1, 0.15) is 5.69 Å². The molecule has 0 saturated heterocycles. The van der Waals surface area contributed by atoms with Crippen LogP contribution in [0, 0.1) is 0 Å². The molecule has 0 spiro atoms. The third-order valence-corrected chi connectivity index (χ3v) is 2.85. The van der Waals surface area contributed by atoms with Gasteiger partial charge in [0.15, 0.2) is 0 Å².